The average Bonchev–Trinajstić information content (AvgIpc) is 2.61. The number of hydrogen-bond acceptors (Lipinski definition) is 5. The number of sulfonamides is 1. The van der Waals surface area contributed by atoms with E-state index in [9.17, 15) is 13.2 Å². The lowest BCUT2D eigenvalue weighted by Gasteiger charge is -2.13. The number of esters is 1. The van der Waals surface area contributed by atoms with Crippen molar-refractivity contribution in [2.75, 3.05) is 11.8 Å². The number of halogens is 1. The number of carbonyl (C=O) groups is 1. The van der Waals surface area contributed by atoms with Crippen LogP contribution in [0.25, 0.3) is 10.9 Å². The first kappa shape index (κ1) is 17.2. The molecule has 25 heavy (non-hydrogen) atoms. The molecule has 3 rings (SSSR count). The molecule has 1 heterocycles. The van der Waals surface area contributed by atoms with Crippen LogP contribution in [0, 0.1) is 0 Å². The van der Waals surface area contributed by atoms with Crippen LogP contribution < -0.4 is 4.72 Å². The number of methoxy groups -OCH3 is 1. The molecule has 0 amide bonds. The predicted molar refractivity (Wildman–Crippen MR) is 95.3 cm³/mol. The molecule has 6 nitrogen and oxygen atoms in total. The summed E-state index contributed by atoms with van der Waals surface area (Å²) in [6, 6.07) is 12.3. The van der Waals surface area contributed by atoms with Crippen molar-refractivity contribution in [1.29, 1.82) is 0 Å². The van der Waals surface area contributed by atoms with E-state index in [2.05, 4.69) is 14.4 Å². The Bertz CT molecular complexity index is 1070. The number of carbonyl (C=O) groups excluding carboxylic acids is 1. The van der Waals surface area contributed by atoms with Gasteiger partial charge in [-0.05, 0) is 36.4 Å². The number of rotatable bonds is 4. The van der Waals surface area contributed by atoms with E-state index in [0.717, 1.165) is 0 Å². The van der Waals surface area contributed by atoms with Gasteiger partial charge in [0, 0.05) is 11.6 Å². The molecular weight excluding hydrogens is 364 g/mol. The van der Waals surface area contributed by atoms with Crippen molar-refractivity contribution in [3.63, 3.8) is 0 Å². The number of nitrogens with one attached hydrogen (secondary N) is 1. The largest absolute Gasteiger partial charge is 0.465 e. The van der Waals surface area contributed by atoms with Crippen LogP contribution in [0.5, 0.6) is 0 Å². The molecule has 0 saturated heterocycles. The van der Waals surface area contributed by atoms with Crippen LogP contribution in [0.15, 0.2) is 59.6 Å². The van der Waals surface area contributed by atoms with Crippen molar-refractivity contribution in [2.45, 2.75) is 4.90 Å². The molecule has 0 bridgehead atoms. The third-order valence-corrected chi connectivity index (χ3v) is 5.28. The smallest absolute Gasteiger partial charge is 0.339 e. The average molecular weight is 377 g/mol. The highest BCUT2D eigenvalue weighted by atomic mass is 35.5. The predicted octanol–water partition coefficient (Wildman–Crippen LogP) is 3.48. The normalized spacial score (nSPS) is 11.3. The summed E-state index contributed by atoms with van der Waals surface area (Å²) in [6.07, 6.45) is 1.53. The number of aromatic nitrogens is 1. The lowest BCUT2D eigenvalue weighted by molar-refractivity contribution is 0.0602. The quantitative estimate of drug-likeness (QED) is 0.704. The fourth-order valence-electron chi connectivity index (χ4n) is 2.41. The van der Waals surface area contributed by atoms with E-state index in [0.29, 0.717) is 15.9 Å². The highest BCUT2D eigenvalue weighted by molar-refractivity contribution is 7.93. The Hall–Kier alpha value is -2.64. The Morgan fingerprint density at radius 2 is 1.88 bits per heavy atom. The molecule has 3 aromatic rings. The van der Waals surface area contributed by atoms with E-state index in [-0.39, 0.29) is 16.1 Å². The number of benzene rings is 2. The maximum absolute atomic E-state index is 12.9. The third kappa shape index (κ3) is 3.29. The van der Waals surface area contributed by atoms with E-state index < -0.39 is 16.0 Å². The number of fused-ring (bicyclic) bond motifs is 1. The number of para-hydroxylation sites is 1. The molecule has 0 saturated carbocycles. The minimum atomic E-state index is -3.98. The Morgan fingerprint density at radius 3 is 2.64 bits per heavy atom. The van der Waals surface area contributed by atoms with Crippen molar-refractivity contribution >= 4 is 44.2 Å². The van der Waals surface area contributed by atoms with E-state index >= 15 is 0 Å². The van der Waals surface area contributed by atoms with Crippen LogP contribution in [0.4, 0.5) is 5.69 Å². The van der Waals surface area contributed by atoms with Crippen molar-refractivity contribution in [3.8, 4) is 0 Å². The summed E-state index contributed by atoms with van der Waals surface area (Å²) in [4.78, 5) is 16.0. The van der Waals surface area contributed by atoms with Crippen molar-refractivity contribution < 1.29 is 17.9 Å². The van der Waals surface area contributed by atoms with Gasteiger partial charge in [0.2, 0.25) is 0 Å². The summed E-state index contributed by atoms with van der Waals surface area (Å²) >= 11 is 6.09. The third-order valence-electron chi connectivity index (χ3n) is 3.55. The first-order valence-electron chi connectivity index (χ1n) is 7.17. The van der Waals surface area contributed by atoms with Gasteiger partial charge in [-0.3, -0.25) is 9.71 Å². The topological polar surface area (TPSA) is 85.4 Å². The minimum absolute atomic E-state index is 0.0136. The molecule has 0 radical (unpaired) electrons. The molecule has 0 aliphatic carbocycles. The van der Waals surface area contributed by atoms with E-state index in [1.165, 1.54) is 37.6 Å². The maximum Gasteiger partial charge on any atom is 0.339 e. The first-order valence-corrected chi connectivity index (χ1v) is 9.03. The highest BCUT2D eigenvalue weighted by Gasteiger charge is 2.22. The summed E-state index contributed by atoms with van der Waals surface area (Å²) in [5.74, 6) is -0.638. The zero-order chi connectivity index (χ0) is 18.0. The van der Waals surface area contributed by atoms with Crippen LogP contribution >= 0.6 is 11.6 Å². The zero-order valence-electron chi connectivity index (χ0n) is 13.1. The van der Waals surface area contributed by atoms with Gasteiger partial charge in [-0.1, -0.05) is 23.7 Å². The number of nitrogens with zero attached hydrogens (tertiary/aromatic N) is 1. The molecule has 0 aliphatic rings. The fourth-order valence-corrected chi connectivity index (χ4v) is 3.90. The molecule has 8 heteroatoms. The number of hydrogen-bond donors (Lipinski definition) is 1. The second-order valence-corrected chi connectivity index (χ2v) is 7.15. The van der Waals surface area contributed by atoms with Crippen molar-refractivity contribution in [3.05, 3.63) is 65.3 Å². The molecule has 0 fully saturated rings. The van der Waals surface area contributed by atoms with E-state index in [1.807, 2.05) is 0 Å². The summed E-state index contributed by atoms with van der Waals surface area (Å²) in [6.45, 7) is 0. The molecule has 0 unspecified atom stereocenters. The van der Waals surface area contributed by atoms with Crippen LogP contribution in [0.2, 0.25) is 5.02 Å². The minimum Gasteiger partial charge on any atom is -0.465 e. The number of ether oxygens (including phenoxy) is 1. The zero-order valence-corrected chi connectivity index (χ0v) is 14.6. The Balaban J connectivity index is 2.11. The monoisotopic (exact) mass is 376 g/mol. The summed E-state index contributed by atoms with van der Waals surface area (Å²) in [5.41, 5.74) is 0.625. The SMILES string of the molecule is COC(=O)c1ccccc1NS(=O)(=O)c1ccc(Cl)c2ncccc12. The second kappa shape index (κ2) is 6.70. The van der Waals surface area contributed by atoms with Gasteiger partial charge in [0.1, 0.15) is 0 Å². The van der Waals surface area contributed by atoms with Gasteiger partial charge in [0.15, 0.2) is 0 Å². The Morgan fingerprint density at radius 1 is 1.12 bits per heavy atom. The van der Waals surface area contributed by atoms with Gasteiger partial charge in [0.25, 0.3) is 10.0 Å². The summed E-state index contributed by atoms with van der Waals surface area (Å²) in [5, 5.41) is 0.738. The Kier molecular flexibility index (Phi) is 4.61. The van der Waals surface area contributed by atoms with Gasteiger partial charge in [-0.15, -0.1) is 0 Å². The van der Waals surface area contributed by atoms with Crippen LogP contribution in [0.1, 0.15) is 10.4 Å². The molecule has 2 aromatic carbocycles. The molecule has 0 aliphatic heterocycles. The van der Waals surface area contributed by atoms with Gasteiger partial charge < -0.3 is 4.74 Å². The van der Waals surface area contributed by atoms with Gasteiger partial charge in [-0.25, -0.2) is 13.2 Å². The number of pyridine rings is 1. The van der Waals surface area contributed by atoms with Crippen molar-refractivity contribution in [2.24, 2.45) is 0 Å². The maximum atomic E-state index is 12.9. The molecule has 0 spiro atoms. The first-order chi connectivity index (χ1) is 11.9. The summed E-state index contributed by atoms with van der Waals surface area (Å²) in [7, 11) is -2.75. The summed E-state index contributed by atoms with van der Waals surface area (Å²) < 4.78 is 32.8. The fraction of sp³-hybridized carbons (Fsp3) is 0.0588. The van der Waals surface area contributed by atoms with Crippen LogP contribution in [0.3, 0.4) is 0 Å². The lowest BCUT2D eigenvalue weighted by atomic mass is 10.2. The van der Waals surface area contributed by atoms with Gasteiger partial charge in [-0.2, -0.15) is 0 Å². The molecular formula is C17H13ClN2O4S. The molecule has 1 aromatic heterocycles. The molecule has 128 valence electrons. The molecule has 1 N–H and O–H groups in total. The second-order valence-electron chi connectivity index (χ2n) is 5.09. The van der Waals surface area contributed by atoms with Crippen molar-refractivity contribution in [1.82, 2.24) is 4.98 Å². The van der Waals surface area contributed by atoms with Crippen LogP contribution in [-0.4, -0.2) is 26.5 Å². The lowest BCUT2D eigenvalue weighted by Crippen LogP contribution is -2.16. The van der Waals surface area contributed by atoms with Crippen LogP contribution in [-0.2, 0) is 14.8 Å². The van der Waals surface area contributed by atoms with E-state index in [4.69, 9.17) is 11.6 Å². The van der Waals surface area contributed by atoms with E-state index in [1.54, 1.807) is 24.3 Å². The highest BCUT2D eigenvalue weighted by Crippen LogP contribution is 2.29. The van der Waals surface area contributed by atoms with Gasteiger partial charge in [0.05, 0.1) is 33.8 Å². The van der Waals surface area contributed by atoms with Gasteiger partial charge >= 0.3 is 5.97 Å². The standard InChI is InChI=1S/C17H13ClN2O4S/c1-24-17(21)11-5-2-3-7-14(11)20-25(22,23)15-9-8-13(18)16-12(15)6-4-10-19-16/h2-10,20H,1H3. The molecule has 0 atom stereocenters. The number of anilines is 1. The Labute approximate surface area is 149 Å².